The number of hydrogen-bond acceptors (Lipinski definition) is 5. The molecule has 6 nitrogen and oxygen atoms in total. The van der Waals surface area contributed by atoms with Crippen molar-refractivity contribution in [3.63, 3.8) is 0 Å². The van der Waals surface area contributed by atoms with E-state index in [0.717, 1.165) is 17.0 Å². The predicted octanol–water partition coefficient (Wildman–Crippen LogP) is 3.48. The van der Waals surface area contributed by atoms with Crippen LogP contribution in [0.3, 0.4) is 0 Å². The molecule has 128 valence electrons. The van der Waals surface area contributed by atoms with Crippen molar-refractivity contribution >= 4 is 11.6 Å². The van der Waals surface area contributed by atoms with Crippen molar-refractivity contribution in [2.24, 2.45) is 0 Å². The molecule has 0 aliphatic carbocycles. The molecule has 0 fully saturated rings. The number of aryl methyl sites for hydroxylation is 1. The van der Waals surface area contributed by atoms with Crippen LogP contribution in [-0.2, 0) is 6.54 Å². The van der Waals surface area contributed by atoms with E-state index < -0.39 is 0 Å². The third kappa shape index (κ3) is 4.51. The number of nitrogens with zero attached hydrogens (tertiary/aromatic N) is 2. The SMILES string of the molecule is Cc1cnc(CNC(C)c2ccc(NC(=O)c3ccncc3)cc2)o1. The van der Waals surface area contributed by atoms with Gasteiger partial charge in [-0.3, -0.25) is 9.78 Å². The molecule has 25 heavy (non-hydrogen) atoms. The molecule has 1 aromatic carbocycles. The standard InChI is InChI=1S/C19H20N4O2/c1-13-11-22-18(25-13)12-21-14(2)15-3-5-17(6-4-15)23-19(24)16-7-9-20-10-8-16/h3-11,14,21H,12H2,1-2H3,(H,23,24). The summed E-state index contributed by atoms with van der Waals surface area (Å²) in [5.41, 5.74) is 2.45. The van der Waals surface area contributed by atoms with Crippen LogP contribution < -0.4 is 10.6 Å². The van der Waals surface area contributed by atoms with Crippen molar-refractivity contribution in [3.05, 3.63) is 77.8 Å². The summed E-state index contributed by atoms with van der Waals surface area (Å²) in [6.07, 6.45) is 4.91. The first kappa shape index (κ1) is 16.9. The maximum absolute atomic E-state index is 12.1. The Labute approximate surface area is 146 Å². The van der Waals surface area contributed by atoms with E-state index in [-0.39, 0.29) is 11.9 Å². The Bertz CT molecular complexity index is 828. The van der Waals surface area contributed by atoms with Gasteiger partial charge in [0.15, 0.2) is 0 Å². The van der Waals surface area contributed by atoms with Crippen molar-refractivity contribution in [2.75, 3.05) is 5.32 Å². The third-order valence-corrected chi connectivity index (χ3v) is 3.84. The lowest BCUT2D eigenvalue weighted by Crippen LogP contribution is -2.18. The topological polar surface area (TPSA) is 80.0 Å². The molecule has 1 unspecified atom stereocenters. The van der Waals surface area contributed by atoms with Gasteiger partial charge in [-0.15, -0.1) is 0 Å². The van der Waals surface area contributed by atoms with E-state index in [2.05, 4.69) is 27.5 Å². The van der Waals surface area contributed by atoms with E-state index in [1.54, 1.807) is 30.7 Å². The molecule has 0 aliphatic rings. The molecule has 1 amide bonds. The molecule has 1 atom stereocenters. The zero-order valence-corrected chi connectivity index (χ0v) is 14.2. The second-order valence-corrected chi connectivity index (χ2v) is 5.78. The summed E-state index contributed by atoms with van der Waals surface area (Å²) >= 11 is 0. The maximum atomic E-state index is 12.1. The quantitative estimate of drug-likeness (QED) is 0.720. The van der Waals surface area contributed by atoms with E-state index in [9.17, 15) is 4.79 Å². The molecule has 0 radical (unpaired) electrons. The van der Waals surface area contributed by atoms with Crippen LogP contribution in [0, 0.1) is 6.92 Å². The molecule has 3 aromatic rings. The smallest absolute Gasteiger partial charge is 0.255 e. The fourth-order valence-corrected chi connectivity index (χ4v) is 2.40. The number of rotatable bonds is 6. The highest BCUT2D eigenvalue weighted by Gasteiger charge is 2.09. The molecule has 2 N–H and O–H groups in total. The zero-order chi connectivity index (χ0) is 17.6. The lowest BCUT2D eigenvalue weighted by atomic mass is 10.1. The first-order valence-corrected chi connectivity index (χ1v) is 8.08. The number of carbonyl (C=O) groups excluding carboxylic acids is 1. The molecular formula is C19H20N4O2. The minimum Gasteiger partial charge on any atom is -0.445 e. The number of carbonyl (C=O) groups is 1. The summed E-state index contributed by atoms with van der Waals surface area (Å²) in [7, 11) is 0. The summed E-state index contributed by atoms with van der Waals surface area (Å²) in [6, 6.07) is 11.3. The van der Waals surface area contributed by atoms with Gasteiger partial charge in [0.2, 0.25) is 5.89 Å². The molecule has 0 saturated carbocycles. The van der Waals surface area contributed by atoms with Gasteiger partial charge in [-0.25, -0.2) is 4.98 Å². The normalized spacial score (nSPS) is 11.9. The van der Waals surface area contributed by atoms with E-state index in [1.807, 2.05) is 31.2 Å². The average Bonchev–Trinajstić information content (AvgIpc) is 3.06. The molecule has 0 bridgehead atoms. The molecular weight excluding hydrogens is 316 g/mol. The largest absolute Gasteiger partial charge is 0.445 e. The molecule has 3 rings (SSSR count). The number of oxazole rings is 1. The molecule has 6 heteroatoms. The summed E-state index contributed by atoms with van der Waals surface area (Å²) in [5.74, 6) is 1.32. The fourth-order valence-electron chi connectivity index (χ4n) is 2.40. The highest BCUT2D eigenvalue weighted by atomic mass is 16.4. The van der Waals surface area contributed by atoms with Crippen molar-refractivity contribution in [1.82, 2.24) is 15.3 Å². The maximum Gasteiger partial charge on any atom is 0.255 e. The molecule has 2 heterocycles. The number of hydrogen-bond donors (Lipinski definition) is 2. The van der Waals surface area contributed by atoms with Gasteiger partial charge in [-0.1, -0.05) is 12.1 Å². The first-order valence-electron chi connectivity index (χ1n) is 8.08. The third-order valence-electron chi connectivity index (χ3n) is 3.84. The lowest BCUT2D eigenvalue weighted by Gasteiger charge is -2.14. The van der Waals surface area contributed by atoms with E-state index in [0.29, 0.717) is 18.0 Å². The van der Waals surface area contributed by atoms with Crippen LogP contribution in [0.4, 0.5) is 5.69 Å². The highest BCUT2D eigenvalue weighted by Crippen LogP contribution is 2.17. The predicted molar refractivity (Wildman–Crippen MR) is 95.1 cm³/mol. The van der Waals surface area contributed by atoms with Crippen molar-refractivity contribution in [2.45, 2.75) is 26.4 Å². The van der Waals surface area contributed by atoms with Crippen LogP contribution in [0.15, 0.2) is 59.4 Å². The van der Waals surface area contributed by atoms with Crippen LogP contribution in [0.1, 0.15) is 40.5 Å². The summed E-state index contributed by atoms with van der Waals surface area (Å²) in [4.78, 5) is 20.2. The number of benzene rings is 1. The fraction of sp³-hybridized carbons (Fsp3) is 0.211. The molecule has 2 aromatic heterocycles. The Morgan fingerprint density at radius 3 is 2.52 bits per heavy atom. The monoisotopic (exact) mass is 336 g/mol. The van der Waals surface area contributed by atoms with Gasteiger partial charge in [-0.05, 0) is 43.7 Å². The molecule has 0 aliphatic heterocycles. The number of nitrogens with one attached hydrogen (secondary N) is 2. The van der Waals surface area contributed by atoms with Gasteiger partial charge in [-0.2, -0.15) is 0 Å². The van der Waals surface area contributed by atoms with Gasteiger partial charge in [0, 0.05) is 29.7 Å². The summed E-state index contributed by atoms with van der Waals surface area (Å²) in [5, 5.41) is 6.24. The van der Waals surface area contributed by atoms with Crippen LogP contribution >= 0.6 is 0 Å². The van der Waals surface area contributed by atoms with E-state index in [4.69, 9.17) is 4.42 Å². The Morgan fingerprint density at radius 2 is 1.88 bits per heavy atom. The number of pyridine rings is 1. The van der Waals surface area contributed by atoms with Crippen molar-refractivity contribution in [1.29, 1.82) is 0 Å². The van der Waals surface area contributed by atoms with Gasteiger partial charge >= 0.3 is 0 Å². The van der Waals surface area contributed by atoms with Gasteiger partial charge in [0.25, 0.3) is 5.91 Å². The van der Waals surface area contributed by atoms with Gasteiger partial charge in [0.1, 0.15) is 5.76 Å². The Kier molecular flexibility index (Phi) is 5.20. The van der Waals surface area contributed by atoms with E-state index >= 15 is 0 Å². The van der Waals surface area contributed by atoms with Gasteiger partial charge in [0.05, 0.1) is 12.7 Å². The number of amides is 1. The van der Waals surface area contributed by atoms with Gasteiger partial charge < -0.3 is 15.1 Å². The lowest BCUT2D eigenvalue weighted by molar-refractivity contribution is 0.102. The van der Waals surface area contributed by atoms with E-state index in [1.165, 1.54) is 0 Å². The van der Waals surface area contributed by atoms with Crippen LogP contribution in [-0.4, -0.2) is 15.9 Å². The minimum absolute atomic E-state index is 0.136. The average molecular weight is 336 g/mol. The molecule has 0 spiro atoms. The van der Waals surface area contributed by atoms with Crippen LogP contribution in [0.25, 0.3) is 0 Å². The Morgan fingerprint density at radius 1 is 1.16 bits per heavy atom. The number of anilines is 1. The zero-order valence-electron chi connectivity index (χ0n) is 14.2. The molecule has 0 saturated heterocycles. The minimum atomic E-state index is -0.152. The number of aromatic nitrogens is 2. The summed E-state index contributed by atoms with van der Waals surface area (Å²) < 4.78 is 5.45. The van der Waals surface area contributed by atoms with Crippen molar-refractivity contribution < 1.29 is 9.21 Å². The van der Waals surface area contributed by atoms with Crippen molar-refractivity contribution in [3.8, 4) is 0 Å². The van der Waals surface area contributed by atoms with Crippen LogP contribution in [0.2, 0.25) is 0 Å². The first-order chi connectivity index (χ1) is 12.1. The second kappa shape index (κ2) is 7.72. The van der Waals surface area contributed by atoms with Crippen LogP contribution in [0.5, 0.6) is 0 Å². The Balaban J connectivity index is 1.57. The highest BCUT2D eigenvalue weighted by molar-refractivity contribution is 6.04. The second-order valence-electron chi connectivity index (χ2n) is 5.78. The summed E-state index contributed by atoms with van der Waals surface area (Å²) in [6.45, 7) is 4.51. The Hall–Kier alpha value is -2.99.